The number of nitrogens with one attached hydrogen (secondary N) is 1. The van der Waals surface area contributed by atoms with Crippen LogP contribution in [0, 0.1) is 0 Å². The highest BCUT2D eigenvalue weighted by molar-refractivity contribution is 6.32. The first kappa shape index (κ1) is 12.9. The van der Waals surface area contributed by atoms with E-state index in [0.29, 0.717) is 5.02 Å². The van der Waals surface area contributed by atoms with E-state index in [1.54, 1.807) is 10.9 Å². The van der Waals surface area contributed by atoms with E-state index in [1.165, 1.54) is 6.33 Å². The zero-order valence-electron chi connectivity index (χ0n) is 11.0. The first-order chi connectivity index (χ1) is 9.81. The van der Waals surface area contributed by atoms with Crippen molar-refractivity contribution in [3.63, 3.8) is 0 Å². The summed E-state index contributed by atoms with van der Waals surface area (Å²) in [5, 5.41) is 9.19. The second kappa shape index (κ2) is 5.46. The lowest BCUT2D eigenvalue weighted by atomic mass is 10.3. The molecule has 5 nitrogen and oxygen atoms in total. The zero-order valence-corrected chi connectivity index (χ0v) is 11.8. The van der Waals surface area contributed by atoms with Gasteiger partial charge in [-0.05, 0) is 18.6 Å². The SMILES string of the molecule is CCCNc1ncnc2c1cnn2-c1ccccc1Cl. The lowest BCUT2D eigenvalue weighted by Crippen LogP contribution is -2.03. The minimum absolute atomic E-state index is 0.638. The van der Waals surface area contributed by atoms with Crippen LogP contribution in [0.3, 0.4) is 0 Å². The second-order valence-corrected chi connectivity index (χ2v) is 4.80. The van der Waals surface area contributed by atoms with Crippen molar-refractivity contribution < 1.29 is 0 Å². The Labute approximate surface area is 121 Å². The van der Waals surface area contributed by atoms with Gasteiger partial charge in [-0.2, -0.15) is 5.10 Å². The molecule has 2 aromatic heterocycles. The van der Waals surface area contributed by atoms with Crippen LogP contribution in [0.1, 0.15) is 13.3 Å². The van der Waals surface area contributed by atoms with Crippen LogP contribution >= 0.6 is 11.6 Å². The van der Waals surface area contributed by atoms with Gasteiger partial charge in [-0.15, -0.1) is 0 Å². The number of hydrogen-bond donors (Lipinski definition) is 1. The van der Waals surface area contributed by atoms with Crippen molar-refractivity contribution in [1.29, 1.82) is 0 Å². The average molecular weight is 288 g/mol. The van der Waals surface area contributed by atoms with Crippen molar-refractivity contribution in [3.05, 3.63) is 41.8 Å². The Morgan fingerprint density at radius 1 is 1.25 bits per heavy atom. The molecular weight excluding hydrogens is 274 g/mol. The number of benzene rings is 1. The summed E-state index contributed by atoms with van der Waals surface area (Å²) < 4.78 is 1.73. The van der Waals surface area contributed by atoms with Gasteiger partial charge < -0.3 is 5.32 Å². The Morgan fingerprint density at radius 3 is 2.90 bits per heavy atom. The van der Waals surface area contributed by atoms with E-state index in [1.807, 2.05) is 24.3 Å². The fourth-order valence-electron chi connectivity index (χ4n) is 2.03. The predicted octanol–water partition coefficient (Wildman–Crippen LogP) is 3.29. The van der Waals surface area contributed by atoms with Gasteiger partial charge in [0.05, 0.1) is 22.3 Å². The van der Waals surface area contributed by atoms with E-state index in [2.05, 4.69) is 27.3 Å². The average Bonchev–Trinajstić information content (AvgIpc) is 2.90. The molecule has 0 aliphatic rings. The summed E-state index contributed by atoms with van der Waals surface area (Å²) in [6.07, 6.45) is 4.33. The van der Waals surface area contributed by atoms with E-state index in [0.717, 1.165) is 35.5 Å². The highest BCUT2D eigenvalue weighted by Gasteiger charge is 2.12. The van der Waals surface area contributed by atoms with Crippen LogP contribution in [0.5, 0.6) is 0 Å². The number of halogens is 1. The Morgan fingerprint density at radius 2 is 2.10 bits per heavy atom. The molecule has 6 heteroatoms. The summed E-state index contributed by atoms with van der Waals surface area (Å²) in [5.41, 5.74) is 1.55. The van der Waals surface area contributed by atoms with Gasteiger partial charge in [0.2, 0.25) is 0 Å². The molecule has 0 saturated carbocycles. The Kier molecular flexibility index (Phi) is 3.52. The number of aromatic nitrogens is 4. The normalized spacial score (nSPS) is 10.9. The van der Waals surface area contributed by atoms with Crippen molar-refractivity contribution >= 4 is 28.5 Å². The molecule has 2 heterocycles. The smallest absolute Gasteiger partial charge is 0.168 e. The fourth-order valence-corrected chi connectivity index (χ4v) is 2.24. The summed E-state index contributed by atoms with van der Waals surface area (Å²) in [6.45, 7) is 2.97. The zero-order chi connectivity index (χ0) is 13.9. The number of anilines is 1. The largest absolute Gasteiger partial charge is 0.369 e. The molecule has 3 aromatic rings. The highest BCUT2D eigenvalue weighted by Crippen LogP contribution is 2.25. The predicted molar refractivity (Wildman–Crippen MR) is 80.5 cm³/mol. The van der Waals surface area contributed by atoms with Crippen LogP contribution in [-0.4, -0.2) is 26.3 Å². The molecule has 3 rings (SSSR count). The first-order valence-corrected chi connectivity index (χ1v) is 6.86. The van der Waals surface area contributed by atoms with Crippen molar-refractivity contribution in [2.24, 2.45) is 0 Å². The van der Waals surface area contributed by atoms with Crippen LogP contribution in [0.15, 0.2) is 36.8 Å². The fraction of sp³-hybridized carbons (Fsp3) is 0.214. The van der Waals surface area contributed by atoms with Gasteiger partial charge in [0.15, 0.2) is 5.65 Å². The van der Waals surface area contributed by atoms with Gasteiger partial charge in [-0.1, -0.05) is 30.7 Å². The highest BCUT2D eigenvalue weighted by atomic mass is 35.5. The quantitative estimate of drug-likeness (QED) is 0.800. The van der Waals surface area contributed by atoms with Crippen molar-refractivity contribution in [3.8, 4) is 5.69 Å². The van der Waals surface area contributed by atoms with E-state index >= 15 is 0 Å². The third kappa shape index (κ3) is 2.20. The monoisotopic (exact) mass is 287 g/mol. The van der Waals surface area contributed by atoms with Crippen LogP contribution < -0.4 is 5.32 Å². The van der Waals surface area contributed by atoms with Crippen molar-refractivity contribution in [1.82, 2.24) is 19.7 Å². The van der Waals surface area contributed by atoms with Gasteiger partial charge in [0.1, 0.15) is 12.1 Å². The lowest BCUT2D eigenvalue weighted by molar-refractivity contribution is 0.895. The minimum atomic E-state index is 0.638. The Hall–Kier alpha value is -2.14. The topological polar surface area (TPSA) is 55.6 Å². The van der Waals surface area contributed by atoms with E-state index in [-0.39, 0.29) is 0 Å². The van der Waals surface area contributed by atoms with E-state index in [4.69, 9.17) is 11.6 Å². The molecule has 0 unspecified atom stereocenters. The number of nitrogens with zero attached hydrogens (tertiary/aromatic N) is 4. The van der Waals surface area contributed by atoms with Crippen molar-refractivity contribution in [2.75, 3.05) is 11.9 Å². The summed E-state index contributed by atoms with van der Waals surface area (Å²) in [7, 11) is 0. The van der Waals surface area contributed by atoms with Crippen LogP contribution in [-0.2, 0) is 0 Å². The Bertz CT molecular complexity index is 737. The maximum Gasteiger partial charge on any atom is 0.168 e. The molecule has 0 aliphatic heterocycles. The molecule has 0 atom stereocenters. The van der Waals surface area contributed by atoms with Crippen LogP contribution in [0.2, 0.25) is 5.02 Å². The number of fused-ring (bicyclic) bond motifs is 1. The molecule has 0 fully saturated rings. The molecule has 0 spiro atoms. The molecule has 20 heavy (non-hydrogen) atoms. The van der Waals surface area contributed by atoms with Crippen LogP contribution in [0.4, 0.5) is 5.82 Å². The van der Waals surface area contributed by atoms with Gasteiger partial charge in [0.25, 0.3) is 0 Å². The van der Waals surface area contributed by atoms with Gasteiger partial charge in [-0.3, -0.25) is 0 Å². The lowest BCUT2D eigenvalue weighted by Gasteiger charge is -2.06. The third-order valence-corrected chi connectivity index (χ3v) is 3.31. The maximum atomic E-state index is 6.22. The second-order valence-electron chi connectivity index (χ2n) is 4.39. The van der Waals surface area contributed by atoms with Crippen molar-refractivity contribution in [2.45, 2.75) is 13.3 Å². The molecule has 0 amide bonds. The summed E-state index contributed by atoms with van der Waals surface area (Å²) in [5.74, 6) is 0.801. The molecule has 102 valence electrons. The third-order valence-electron chi connectivity index (χ3n) is 2.99. The molecule has 0 bridgehead atoms. The summed E-state index contributed by atoms with van der Waals surface area (Å²) in [4.78, 5) is 8.58. The van der Waals surface area contributed by atoms with E-state index in [9.17, 15) is 0 Å². The molecule has 0 aliphatic carbocycles. The summed E-state index contributed by atoms with van der Waals surface area (Å²) in [6, 6.07) is 7.56. The molecule has 0 radical (unpaired) electrons. The van der Waals surface area contributed by atoms with Gasteiger partial charge in [-0.25, -0.2) is 14.6 Å². The Balaban J connectivity index is 2.13. The maximum absolute atomic E-state index is 6.22. The van der Waals surface area contributed by atoms with E-state index < -0.39 is 0 Å². The molecular formula is C14H14ClN5. The van der Waals surface area contributed by atoms with Gasteiger partial charge >= 0.3 is 0 Å². The molecule has 1 N–H and O–H groups in total. The summed E-state index contributed by atoms with van der Waals surface area (Å²) >= 11 is 6.22. The van der Waals surface area contributed by atoms with Crippen LogP contribution in [0.25, 0.3) is 16.7 Å². The standard InChI is InChI=1S/C14H14ClN5/c1-2-7-16-13-10-8-19-20(14(10)18-9-17-13)12-6-4-3-5-11(12)15/h3-6,8-9H,2,7H2,1H3,(H,16,17,18). The number of para-hydroxylation sites is 1. The van der Waals surface area contributed by atoms with Gasteiger partial charge in [0, 0.05) is 6.54 Å². The molecule has 1 aromatic carbocycles. The number of rotatable bonds is 4. The number of hydrogen-bond acceptors (Lipinski definition) is 4. The molecule has 0 saturated heterocycles. The minimum Gasteiger partial charge on any atom is -0.369 e. The first-order valence-electron chi connectivity index (χ1n) is 6.48.